The topological polar surface area (TPSA) is 66.4 Å². The van der Waals surface area contributed by atoms with Gasteiger partial charge in [-0.25, -0.2) is 4.79 Å². The fourth-order valence-corrected chi connectivity index (χ4v) is 1.71. The van der Waals surface area contributed by atoms with Gasteiger partial charge in [0.15, 0.2) is 0 Å². The van der Waals surface area contributed by atoms with Crippen molar-refractivity contribution in [1.82, 2.24) is 0 Å². The summed E-state index contributed by atoms with van der Waals surface area (Å²) in [6.07, 6.45) is 2.59. The van der Waals surface area contributed by atoms with Crippen LogP contribution in [0.1, 0.15) is 31.9 Å². The van der Waals surface area contributed by atoms with Crippen molar-refractivity contribution in [1.29, 1.82) is 0 Å². The fourth-order valence-electron chi connectivity index (χ4n) is 1.71. The van der Waals surface area contributed by atoms with Crippen LogP contribution in [0.15, 0.2) is 24.3 Å². The summed E-state index contributed by atoms with van der Waals surface area (Å²) >= 11 is 0. The first kappa shape index (κ1) is 16.0. The molecule has 0 radical (unpaired) electrons. The van der Waals surface area contributed by atoms with E-state index in [1.807, 2.05) is 39.8 Å². The molecule has 0 heterocycles. The van der Waals surface area contributed by atoms with Gasteiger partial charge >= 0.3 is 5.97 Å². The second-order valence-corrected chi connectivity index (χ2v) is 5.33. The second-order valence-electron chi connectivity index (χ2n) is 5.33. The van der Waals surface area contributed by atoms with Crippen LogP contribution in [0.4, 0.5) is 5.69 Å². The van der Waals surface area contributed by atoms with E-state index in [9.17, 15) is 9.59 Å². The highest BCUT2D eigenvalue weighted by atomic mass is 16.4. The van der Waals surface area contributed by atoms with Crippen LogP contribution >= 0.6 is 0 Å². The van der Waals surface area contributed by atoms with Gasteiger partial charge in [0.05, 0.1) is 0 Å². The number of rotatable bonds is 5. The highest BCUT2D eigenvalue weighted by Gasteiger charge is 2.16. The molecule has 0 aliphatic heterocycles. The Morgan fingerprint density at radius 2 is 1.85 bits per heavy atom. The van der Waals surface area contributed by atoms with Gasteiger partial charge in [-0.3, -0.25) is 4.79 Å². The van der Waals surface area contributed by atoms with Crippen molar-refractivity contribution < 1.29 is 14.7 Å². The van der Waals surface area contributed by atoms with Crippen LogP contribution in [0.25, 0.3) is 6.08 Å². The minimum atomic E-state index is -0.995. The average Bonchev–Trinajstić information content (AvgIpc) is 2.34. The Kier molecular flexibility index (Phi) is 5.50. The smallest absolute Gasteiger partial charge is 0.328 e. The Hall–Kier alpha value is -2.10. The Balaban J connectivity index is 2.91. The van der Waals surface area contributed by atoms with E-state index in [4.69, 9.17) is 5.11 Å². The fraction of sp³-hybridized carbons (Fsp3) is 0.375. The molecule has 4 heteroatoms. The van der Waals surface area contributed by atoms with E-state index in [1.54, 1.807) is 6.07 Å². The number of amides is 1. The number of carboxylic acid groups (broad SMARTS) is 1. The lowest BCUT2D eigenvalue weighted by Crippen LogP contribution is -2.24. The van der Waals surface area contributed by atoms with Crippen molar-refractivity contribution >= 4 is 23.6 Å². The lowest BCUT2D eigenvalue weighted by molar-refractivity contribution is -0.131. The Bertz CT molecular complexity index is 533. The Labute approximate surface area is 119 Å². The molecule has 0 fully saturated rings. The second kappa shape index (κ2) is 6.89. The minimum absolute atomic E-state index is 0.0289. The molecule has 0 aliphatic rings. The quantitative estimate of drug-likeness (QED) is 0.810. The third-order valence-corrected chi connectivity index (χ3v) is 3.20. The maximum Gasteiger partial charge on any atom is 0.328 e. The van der Waals surface area contributed by atoms with Gasteiger partial charge in [0, 0.05) is 17.7 Å². The van der Waals surface area contributed by atoms with Gasteiger partial charge in [0.2, 0.25) is 5.91 Å². The monoisotopic (exact) mass is 275 g/mol. The molecule has 0 aromatic heterocycles. The van der Waals surface area contributed by atoms with Gasteiger partial charge < -0.3 is 10.4 Å². The molecular formula is C16H21NO3. The van der Waals surface area contributed by atoms with Gasteiger partial charge in [0.25, 0.3) is 0 Å². The van der Waals surface area contributed by atoms with Crippen molar-refractivity contribution in [3.8, 4) is 0 Å². The predicted octanol–water partition coefficient (Wildman–Crippen LogP) is 3.32. The summed E-state index contributed by atoms with van der Waals surface area (Å²) in [4.78, 5) is 22.5. The van der Waals surface area contributed by atoms with Crippen LogP contribution in [0.5, 0.6) is 0 Å². The van der Waals surface area contributed by atoms with Crippen LogP contribution in [-0.4, -0.2) is 17.0 Å². The molecule has 0 saturated heterocycles. The minimum Gasteiger partial charge on any atom is -0.478 e. The first-order valence-electron chi connectivity index (χ1n) is 6.63. The summed E-state index contributed by atoms with van der Waals surface area (Å²) < 4.78 is 0. The van der Waals surface area contributed by atoms with Crippen molar-refractivity contribution in [3.05, 3.63) is 35.4 Å². The number of anilines is 1. The molecule has 4 nitrogen and oxygen atoms in total. The average molecular weight is 275 g/mol. The van der Waals surface area contributed by atoms with E-state index >= 15 is 0 Å². The lowest BCUT2D eigenvalue weighted by atomic mass is 9.97. The van der Waals surface area contributed by atoms with Gasteiger partial charge in [-0.05, 0) is 42.2 Å². The Morgan fingerprint density at radius 1 is 1.20 bits per heavy atom. The van der Waals surface area contributed by atoms with E-state index in [1.165, 1.54) is 6.08 Å². The zero-order chi connectivity index (χ0) is 15.3. The van der Waals surface area contributed by atoms with Crippen LogP contribution < -0.4 is 5.32 Å². The zero-order valence-corrected chi connectivity index (χ0v) is 12.3. The van der Waals surface area contributed by atoms with Crippen molar-refractivity contribution in [2.24, 2.45) is 11.8 Å². The molecule has 0 spiro atoms. The molecule has 1 aromatic carbocycles. The maximum absolute atomic E-state index is 12.0. The van der Waals surface area contributed by atoms with Gasteiger partial charge in [-0.1, -0.05) is 26.8 Å². The SMILES string of the molecule is Cc1cc(/C=C/C(=O)O)cc(NC(=O)C(C)C(C)C)c1. The van der Waals surface area contributed by atoms with Crippen LogP contribution in [0.3, 0.4) is 0 Å². The summed E-state index contributed by atoms with van der Waals surface area (Å²) in [5.41, 5.74) is 2.40. The highest BCUT2D eigenvalue weighted by Crippen LogP contribution is 2.18. The molecule has 1 aromatic rings. The molecule has 1 amide bonds. The van der Waals surface area contributed by atoms with Crippen LogP contribution in [0.2, 0.25) is 0 Å². The van der Waals surface area contributed by atoms with E-state index in [2.05, 4.69) is 5.32 Å². The van der Waals surface area contributed by atoms with Crippen molar-refractivity contribution in [2.45, 2.75) is 27.7 Å². The Morgan fingerprint density at radius 3 is 2.40 bits per heavy atom. The largest absolute Gasteiger partial charge is 0.478 e. The number of carboxylic acids is 1. The molecule has 2 N–H and O–H groups in total. The molecular weight excluding hydrogens is 254 g/mol. The third-order valence-electron chi connectivity index (χ3n) is 3.20. The number of hydrogen-bond acceptors (Lipinski definition) is 2. The maximum atomic E-state index is 12.0. The highest BCUT2D eigenvalue weighted by molar-refractivity contribution is 5.93. The summed E-state index contributed by atoms with van der Waals surface area (Å²) in [7, 11) is 0. The molecule has 108 valence electrons. The first-order valence-corrected chi connectivity index (χ1v) is 6.63. The van der Waals surface area contributed by atoms with E-state index in [-0.39, 0.29) is 17.7 Å². The number of carbonyl (C=O) groups excluding carboxylic acids is 1. The van der Waals surface area contributed by atoms with Crippen LogP contribution in [0, 0.1) is 18.8 Å². The summed E-state index contributed by atoms with van der Waals surface area (Å²) in [5, 5.41) is 11.5. The normalized spacial score (nSPS) is 12.7. The number of benzene rings is 1. The zero-order valence-electron chi connectivity index (χ0n) is 12.3. The number of aryl methyl sites for hydroxylation is 1. The van der Waals surface area contributed by atoms with E-state index in [0.717, 1.165) is 17.2 Å². The van der Waals surface area contributed by atoms with Gasteiger partial charge in [-0.2, -0.15) is 0 Å². The third kappa shape index (κ3) is 4.88. The molecule has 1 atom stereocenters. The molecule has 1 rings (SSSR count). The van der Waals surface area contributed by atoms with Crippen LogP contribution in [-0.2, 0) is 9.59 Å². The molecule has 1 unspecified atom stereocenters. The molecule has 0 saturated carbocycles. The van der Waals surface area contributed by atoms with E-state index in [0.29, 0.717) is 5.69 Å². The number of hydrogen-bond donors (Lipinski definition) is 2. The van der Waals surface area contributed by atoms with Crippen molar-refractivity contribution in [2.75, 3.05) is 5.32 Å². The molecule has 0 aliphatic carbocycles. The van der Waals surface area contributed by atoms with Crippen molar-refractivity contribution in [3.63, 3.8) is 0 Å². The number of nitrogens with one attached hydrogen (secondary N) is 1. The van der Waals surface area contributed by atoms with E-state index < -0.39 is 5.97 Å². The number of carbonyl (C=O) groups is 2. The first-order chi connectivity index (χ1) is 9.29. The van der Waals surface area contributed by atoms with Gasteiger partial charge in [-0.15, -0.1) is 0 Å². The van der Waals surface area contributed by atoms with Gasteiger partial charge in [0.1, 0.15) is 0 Å². The summed E-state index contributed by atoms with van der Waals surface area (Å²) in [6.45, 7) is 7.80. The summed E-state index contributed by atoms with van der Waals surface area (Å²) in [6, 6.07) is 5.49. The predicted molar refractivity (Wildman–Crippen MR) is 80.5 cm³/mol. The molecule has 20 heavy (non-hydrogen) atoms. The number of aliphatic carboxylic acids is 1. The molecule has 0 bridgehead atoms. The summed E-state index contributed by atoms with van der Waals surface area (Å²) in [5.74, 6) is -0.830. The standard InChI is InChI=1S/C16H21NO3/c1-10(2)12(4)16(20)17-14-8-11(3)7-13(9-14)5-6-15(18)19/h5-10,12H,1-4H3,(H,17,20)(H,18,19)/b6-5+. The lowest BCUT2D eigenvalue weighted by Gasteiger charge is -2.16.